The number of nitrogens with one attached hydrogen (secondary N) is 1. The van der Waals surface area contributed by atoms with E-state index in [4.69, 9.17) is 16.3 Å². The molecule has 0 aromatic heterocycles. The lowest BCUT2D eigenvalue weighted by Crippen LogP contribution is -2.37. The molecule has 0 spiro atoms. The number of benzene rings is 1. The number of halogens is 1. The predicted octanol–water partition coefficient (Wildman–Crippen LogP) is 3.60. The molecule has 0 radical (unpaired) electrons. The first-order valence-corrected chi connectivity index (χ1v) is 7.77. The van der Waals surface area contributed by atoms with E-state index >= 15 is 0 Å². The Morgan fingerprint density at radius 2 is 2.16 bits per heavy atom. The lowest BCUT2D eigenvalue weighted by Gasteiger charge is -2.31. The van der Waals surface area contributed by atoms with Crippen LogP contribution in [0.2, 0.25) is 5.02 Å². The molecule has 2 atom stereocenters. The first kappa shape index (κ1) is 13.3. The molecule has 1 aromatic rings. The summed E-state index contributed by atoms with van der Waals surface area (Å²) >= 11 is 6.25. The van der Waals surface area contributed by atoms with Crippen LogP contribution in [0.3, 0.4) is 0 Å². The second-order valence-electron chi connectivity index (χ2n) is 5.80. The van der Waals surface area contributed by atoms with Gasteiger partial charge in [-0.1, -0.05) is 24.4 Å². The maximum Gasteiger partial charge on any atom is 0.125 e. The summed E-state index contributed by atoms with van der Waals surface area (Å²) in [6.07, 6.45) is 7.41. The van der Waals surface area contributed by atoms with Crippen LogP contribution in [0.4, 0.5) is 0 Å². The van der Waals surface area contributed by atoms with E-state index in [-0.39, 0.29) is 0 Å². The predicted molar refractivity (Wildman–Crippen MR) is 79.2 cm³/mol. The zero-order valence-corrected chi connectivity index (χ0v) is 12.3. The van der Waals surface area contributed by atoms with E-state index in [1.165, 1.54) is 36.8 Å². The van der Waals surface area contributed by atoms with Gasteiger partial charge in [-0.25, -0.2) is 0 Å². The molecule has 1 aliphatic carbocycles. The minimum atomic E-state index is 0.643. The Bertz CT molecular complexity index is 460. The second-order valence-corrected chi connectivity index (χ2v) is 6.23. The molecule has 1 N–H and O–H groups in total. The highest BCUT2D eigenvalue weighted by Crippen LogP contribution is 2.36. The normalized spacial score (nSPS) is 26.0. The molecule has 1 saturated carbocycles. The van der Waals surface area contributed by atoms with Crippen LogP contribution in [-0.4, -0.2) is 19.7 Å². The van der Waals surface area contributed by atoms with Gasteiger partial charge in [0.1, 0.15) is 5.75 Å². The SMILES string of the molecule is CNC1CCCCC1Cc1cc(Cl)cc2c1OCC2. The molecule has 1 aliphatic heterocycles. The van der Waals surface area contributed by atoms with E-state index in [1.54, 1.807) is 0 Å². The van der Waals surface area contributed by atoms with Gasteiger partial charge in [0.2, 0.25) is 0 Å². The van der Waals surface area contributed by atoms with E-state index in [2.05, 4.69) is 24.5 Å². The molecule has 2 unspecified atom stereocenters. The third kappa shape index (κ3) is 2.75. The number of hydrogen-bond donors (Lipinski definition) is 1. The maximum absolute atomic E-state index is 6.25. The molecule has 3 rings (SSSR count). The van der Waals surface area contributed by atoms with Crippen molar-refractivity contribution in [3.63, 3.8) is 0 Å². The van der Waals surface area contributed by atoms with Crippen LogP contribution in [0.25, 0.3) is 0 Å². The van der Waals surface area contributed by atoms with Gasteiger partial charge >= 0.3 is 0 Å². The summed E-state index contributed by atoms with van der Waals surface area (Å²) < 4.78 is 5.82. The molecule has 1 fully saturated rings. The van der Waals surface area contributed by atoms with Crippen LogP contribution < -0.4 is 10.1 Å². The van der Waals surface area contributed by atoms with Crippen molar-refractivity contribution in [2.45, 2.75) is 44.6 Å². The molecular formula is C16H22ClNO. The van der Waals surface area contributed by atoms with Gasteiger partial charge in [-0.2, -0.15) is 0 Å². The van der Waals surface area contributed by atoms with Crippen LogP contribution in [0.5, 0.6) is 5.75 Å². The molecule has 19 heavy (non-hydrogen) atoms. The summed E-state index contributed by atoms with van der Waals surface area (Å²) in [5.41, 5.74) is 2.60. The summed E-state index contributed by atoms with van der Waals surface area (Å²) in [6.45, 7) is 0.808. The maximum atomic E-state index is 6.25. The standard InChI is InChI=1S/C16H22ClNO/c1-18-15-5-3-2-4-11(15)8-13-10-14(17)9-12-6-7-19-16(12)13/h9-11,15,18H,2-8H2,1H3. The number of hydrogen-bond acceptors (Lipinski definition) is 2. The van der Waals surface area contributed by atoms with E-state index < -0.39 is 0 Å². The summed E-state index contributed by atoms with van der Waals surface area (Å²) in [6, 6.07) is 4.81. The van der Waals surface area contributed by atoms with Crippen LogP contribution in [0.15, 0.2) is 12.1 Å². The summed E-state index contributed by atoms with van der Waals surface area (Å²) in [5, 5.41) is 4.34. The molecule has 3 heteroatoms. The number of fused-ring (bicyclic) bond motifs is 1. The quantitative estimate of drug-likeness (QED) is 0.913. The highest BCUT2D eigenvalue weighted by molar-refractivity contribution is 6.30. The van der Waals surface area contributed by atoms with Crippen molar-refractivity contribution < 1.29 is 4.74 Å². The lowest BCUT2D eigenvalue weighted by molar-refractivity contribution is 0.269. The monoisotopic (exact) mass is 279 g/mol. The topological polar surface area (TPSA) is 21.3 Å². The van der Waals surface area contributed by atoms with Crippen LogP contribution in [-0.2, 0) is 12.8 Å². The fourth-order valence-electron chi connectivity index (χ4n) is 3.61. The van der Waals surface area contributed by atoms with E-state index in [9.17, 15) is 0 Å². The van der Waals surface area contributed by atoms with E-state index in [0.29, 0.717) is 12.0 Å². The Morgan fingerprint density at radius 1 is 1.32 bits per heavy atom. The number of rotatable bonds is 3. The summed E-state index contributed by atoms with van der Waals surface area (Å²) in [4.78, 5) is 0. The molecule has 0 bridgehead atoms. The molecule has 0 saturated heterocycles. The van der Waals surface area contributed by atoms with Crippen molar-refractivity contribution in [3.8, 4) is 5.75 Å². The average Bonchev–Trinajstić information content (AvgIpc) is 2.87. The largest absolute Gasteiger partial charge is 0.493 e. The van der Waals surface area contributed by atoms with Gasteiger partial charge in [0, 0.05) is 17.5 Å². The molecule has 1 heterocycles. The Kier molecular flexibility index (Phi) is 3.99. The van der Waals surface area contributed by atoms with Crippen LogP contribution in [0.1, 0.15) is 36.8 Å². The zero-order chi connectivity index (χ0) is 13.2. The van der Waals surface area contributed by atoms with Gasteiger partial charge in [-0.15, -0.1) is 0 Å². The molecule has 2 nitrogen and oxygen atoms in total. The van der Waals surface area contributed by atoms with Crippen molar-refractivity contribution in [1.82, 2.24) is 5.32 Å². The van der Waals surface area contributed by atoms with Crippen LogP contribution in [0, 0.1) is 5.92 Å². The minimum Gasteiger partial charge on any atom is -0.493 e. The highest BCUT2D eigenvalue weighted by Gasteiger charge is 2.26. The van der Waals surface area contributed by atoms with Gasteiger partial charge in [-0.05, 0) is 55.5 Å². The van der Waals surface area contributed by atoms with Crippen molar-refractivity contribution in [2.24, 2.45) is 5.92 Å². The van der Waals surface area contributed by atoms with Gasteiger partial charge < -0.3 is 10.1 Å². The minimum absolute atomic E-state index is 0.643. The highest BCUT2D eigenvalue weighted by atomic mass is 35.5. The second kappa shape index (κ2) is 5.72. The molecule has 2 aliphatic rings. The van der Waals surface area contributed by atoms with Crippen molar-refractivity contribution in [3.05, 3.63) is 28.3 Å². The van der Waals surface area contributed by atoms with Crippen molar-refractivity contribution in [2.75, 3.05) is 13.7 Å². The molecular weight excluding hydrogens is 258 g/mol. The lowest BCUT2D eigenvalue weighted by atomic mass is 9.80. The first-order chi connectivity index (χ1) is 9.28. The number of ether oxygens (including phenoxy) is 1. The van der Waals surface area contributed by atoms with Gasteiger partial charge in [-0.3, -0.25) is 0 Å². The average molecular weight is 280 g/mol. The summed E-state index contributed by atoms with van der Waals surface area (Å²) in [5.74, 6) is 1.83. The Morgan fingerprint density at radius 3 is 3.00 bits per heavy atom. The Balaban J connectivity index is 1.82. The molecule has 1 aromatic carbocycles. The van der Waals surface area contributed by atoms with Crippen LogP contribution >= 0.6 is 11.6 Å². The van der Waals surface area contributed by atoms with Gasteiger partial charge in [0.25, 0.3) is 0 Å². The molecule has 0 amide bonds. The van der Waals surface area contributed by atoms with Gasteiger partial charge in [0.15, 0.2) is 0 Å². The Hall–Kier alpha value is -0.730. The Labute approximate surface area is 120 Å². The third-order valence-corrected chi connectivity index (χ3v) is 4.81. The van der Waals surface area contributed by atoms with Crippen molar-refractivity contribution in [1.29, 1.82) is 0 Å². The smallest absolute Gasteiger partial charge is 0.125 e. The van der Waals surface area contributed by atoms with Crippen molar-refractivity contribution >= 4 is 11.6 Å². The molecule has 104 valence electrons. The first-order valence-electron chi connectivity index (χ1n) is 7.39. The van der Waals surface area contributed by atoms with E-state index in [0.717, 1.165) is 30.2 Å². The fourth-order valence-corrected chi connectivity index (χ4v) is 3.88. The fraction of sp³-hybridized carbons (Fsp3) is 0.625. The van der Waals surface area contributed by atoms with Gasteiger partial charge in [0.05, 0.1) is 6.61 Å². The zero-order valence-electron chi connectivity index (χ0n) is 11.5. The third-order valence-electron chi connectivity index (χ3n) is 4.59. The van der Waals surface area contributed by atoms with E-state index in [1.807, 2.05) is 0 Å². The summed E-state index contributed by atoms with van der Waals surface area (Å²) in [7, 11) is 2.09.